The molecule has 4 heteroatoms. The molecular weight excluding hydrogens is 538 g/mol. The molecule has 0 saturated carbocycles. The third-order valence-corrected chi connectivity index (χ3v) is 7.99. The van der Waals surface area contributed by atoms with Gasteiger partial charge in [-0.1, -0.05) is 109 Å². The average Bonchev–Trinajstić information content (AvgIpc) is 3.43. The van der Waals surface area contributed by atoms with E-state index in [1.807, 2.05) is 42.6 Å². The van der Waals surface area contributed by atoms with Gasteiger partial charge in [-0.3, -0.25) is 4.57 Å². The first-order chi connectivity index (χ1) is 21.8. The summed E-state index contributed by atoms with van der Waals surface area (Å²) in [7, 11) is 0. The number of nitrogens with zero attached hydrogens (tertiary/aromatic N) is 3. The molecule has 8 aromatic rings. The lowest BCUT2D eigenvalue weighted by Crippen LogP contribution is -1.99. The maximum atomic E-state index is 6.05. The minimum absolute atomic E-state index is 0.569. The summed E-state index contributed by atoms with van der Waals surface area (Å²) in [6.45, 7) is 0. The first kappa shape index (κ1) is 25.7. The highest BCUT2D eigenvalue weighted by atomic mass is 16.5. The summed E-state index contributed by atoms with van der Waals surface area (Å²) in [6.07, 6.45) is 3.74. The zero-order chi connectivity index (χ0) is 29.3. The first-order valence-electron chi connectivity index (χ1n) is 14.7. The van der Waals surface area contributed by atoms with Crippen LogP contribution in [0.4, 0.5) is 0 Å². The molecule has 0 amide bonds. The normalized spacial score (nSPS) is 11.2. The van der Waals surface area contributed by atoms with Crippen LogP contribution >= 0.6 is 0 Å². The fraction of sp³-hybridized carbons (Fsp3) is 0. The SMILES string of the molecule is c1ccc(-c2cnc(-n3c4ccccc4c4ccc(-c5cccc(Oc6ccccn6)c5)cc43)cc2-c2ccccc2)cc1. The number of hydrogen-bond acceptors (Lipinski definition) is 3. The molecule has 0 aliphatic rings. The molecule has 0 radical (unpaired) electrons. The van der Waals surface area contributed by atoms with Gasteiger partial charge in [0, 0.05) is 34.8 Å². The largest absolute Gasteiger partial charge is 0.439 e. The van der Waals surface area contributed by atoms with Gasteiger partial charge in [0.15, 0.2) is 0 Å². The third kappa shape index (κ3) is 4.69. The minimum atomic E-state index is 0.569. The van der Waals surface area contributed by atoms with Crippen LogP contribution in [0.3, 0.4) is 0 Å². The minimum Gasteiger partial charge on any atom is -0.439 e. The standard InChI is InChI=1S/C40H27N3O/c1-3-12-28(13-4-1)35-26-39(42-27-36(35)29-14-5-2-6-15-29)43-37-19-8-7-18-33(37)34-22-21-31(25-38(34)43)30-16-11-17-32(24-30)44-40-20-9-10-23-41-40/h1-27H. The molecule has 0 atom stereocenters. The van der Waals surface area contributed by atoms with Crippen LogP contribution < -0.4 is 4.74 Å². The smallest absolute Gasteiger partial charge is 0.219 e. The summed E-state index contributed by atoms with van der Waals surface area (Å²) in [4.78, 5) is 9.39. The van der Waals surface area contributed by atoms with Gasteiger partial charge in [-0.2, -0.15) is 0 Å². The second-order valence-electron chi connectivity index (χ2n) is 10.7. The number of rotatable bonds is 6. The van der Waals surface area contributed by atoms with Crippen LogP contribution in [0.2, 0.25) is 0 Å². The zero-order valence-corrected chi connectivity index (χ0v) is 23.8. The van der Waals surface area contributed by atoms with Gasteiger partial charge in [-0.05, 0) is 64.2 Å². The zero-order valence-electron chi connectivity index (χ0n) is 23.8. The van der Waals surface area contributed by atoms with E-state index in [2.05, 4.69) is 125 Å². The summed E-state index contributed by atoms with van der Waals surface area (Å²) in [5.74, 6) is 2.19. The van der Waals surface area contributed by atoms with Crippen LogP contribution in [0.5, 0.6) is 11.6 Å². The topological polar surface area (TPSA) is 39.9 Å². The molecule has 0 bridgehead atoms. The van der Waals surface area contributed by atoms with Crippen molar-refractivity contribution in [3.05, 3.63) is 164 Å². The van der Waals surface area contributed by atoms with Gasteiger partial charge in [0.05, 0.1) is 11.0 Å². The van der Waals surface area contributed by atoms with Crippen molar-refractivity contribution in [2.45, 2.75) is 0 Å². The van der Waals surface area contributed by atoms with Crippen LogP contribution in [0, 0.1) is 0 Å². The molecule has 8 rings (SSSR count). The van der Waals surface area contributed by atoms with Crippen molar-refractivity contribution >= 4 is 21.8 Å². The van der Waals surface area contributed by atoms with Gasteiger partial charge in [0.25, 0.3) is 0 Å². The maximum Gasteiger partial charge on any atom is 0.219 e. The van der Waals surface area contributed by atoms with Crippen LogP contribution in [0.25, 0.3) is 61.0 Å². The number of benzene rings is 5. The Labute approximate surface area is 255 Å². The quantitative estimate of drug-likeness (QED) is 0.201. The molecule has 3 aromatic heterocycles. The molecule has 4 nitrogen and oxygen atoms in total. The number of ether oxygens (including phenoxy) is 1. The Morgan fingerprint density at radius 2 is 1.14 bits per heavy atom. The molecule has 0 N–H and O–H groups in total. The Balaban J connectivity index is 1.31. The Kier molecular flexibility index (Phi) is 6.43. The maximum absolute atomic E-state index is 6.05. The first-order valence-corrected chi connectivity index (χ1v) is 14.7. The summed E-state index contributed by atoms with van der Waals surface area (Å²) in [6, 6.07) is 52.2. The number of pyridine rings is 2. The molecule has 0 fully saturated rings. The molecule has 5 aromatic carbocycles. The van der Waals surface area contributed by atoms with E-state index in [9.17, 15) is 0 Å². The highest BCUT2D eigenvalue weighted by Crippen LogP contribution is 2.38. The number of aromatic nitrogens is 3. The lowest BCUT2D eigenvalue weighted by molar-refractivity contribution is 0.463. The predicted molar refractivity (Wildman–Crippen MR) is 179 cm³/mol. The van der Waals surface area contributed by atoms with Crippen LogP contribution in [-0.2, 0) is 0 Å². The highest BCUT2D eigenvalue weighted by molar-refractivity contribution is 6.10. The highest BCUT2D eigenvalue weighted by Gasteiger charge is 2.17. The van der Waals surface area contributed by atoms with E-state index < -0.39 is 0 Å². The van der Waals surface area contributed by atoms with Gasteiger partial charge in [-0.25, -0.2) is 9.97 Å². The average molecular weight is 566 g/mol. The lowest BCUT2D eigenvalue weighted by Gasteiger charge is -2.14. The van der Waals surface area contributed by atoms with E-state index in [-0.39, 0.29) is 0 Å². The van der Waals surface area contributed by atoms with Crippen LogP contribution in [-0.4, -0.2) is 14.5 Å². The molecule has 0 saturated heterocycles. The molecule has 0 unspecified atom stereocenters. The number of fused-ring (bicyclic) bond motifs is 3. The van der Waals surface area contributed by atoms with Crippen LogP contribution in [0.1, 0.15) is 0 Å². The monoisotopic (exact) mass is 565 g/mol. The van der Waals surface area contributed by atoms with E-state index >= 15 is 0 Å². The molecule has 208 valence electrons. The summed E-state index contributed by atoms with van der Waals surface area (Å²) in [5, 5.41) is 2.37. The van der Waals surface area contributed by atoms with E-state index in [0.29, 0.717) is 5.88 Å². The number of hydrogen-bond donors (Lipinski definition) is 0. The molecule has 44 heavy (non-hydrogen) atoms. The Bertz CT molecular complexity index is 2240. The fourth-order valence-electron chi connectivity index (χ4n) is 5.94. The van der Waals surface area contributed by atoms with Gasteiger partial charge in [-0.15, -0.1) is 0 Å². The molecular formula is C40H27N3O. The van der Waals surface area contributed by atoms with Crippen molar-refractivity contribution in [2.75, 3.05) is 0 Å². The molecule has 0 aliphatic carbocycles. The Hall–Kier alpha value is -6.00. The Morgan fingerprint density at radius 3 is 1.93 bits per heavy atom. The summed E-state index contributed by atoms with van der Waals surface area (Å²) >= 11 is 0. The molecule has 3 heterocycles. The molecule has 0 spiro atoms. The second kappa shape index (κ2) is 11.0. The lowest BCUT2D eigenvalue weighted by atomic mass is 9.96. The molecule has 0 aliphatic heterocycles. The van der Waals surface area contributed by atoms with E-state index in [1.54, 1.807) is 6.20 Å². The van der Waals surface area contributed by atoms with Crippen LogP contribution in [0.15, 0.2) is 164 Å². The van der Waals surface area contributed by atoms with Crippen molar-refractivity contribution in [3.8, 4) is 50.8 Å². The predicted octanol–water partition coefficient (Wildman–Crippen LogP) is 10.4. The number of para-hydroxylation sites is 1. The fourth-order valence-corrected chi connectivity index (χ4v) is 5.94. The van der Waals surface area contributed by atoms with E-state index in [1.165, 1.54) is 10.8 Å². The van der Waals surface area contributed by atoms with Gasteiger partial charge in [0.1, 0.15) is 11.6 Å². The van der Waals surface area contributed by atoms with Crippen molar-refractivity contribution in [1.29, 1.82) is 0 Å². The van der Waals surface area contributed by atoms with Crippen molar-refractivity contribution in [1.82, 2.24) is 14.5 Å². The van der Waals surface area contributed by atoms with E-state index in [4.69, 9.17) is 9.72 Å². The third-order valence-electron chi connectivity index (χ3n) is 7.99. The summed E-state index contributed by atoms with van der Waals surface area (Å²) < 4.78 is 8.33. The van der Waals surface area contributed by atoms with Gasteiger partial charge in [0.2, 0.25) is 5.88 Å². The van der Waals surface area contributed by atoms with Crippen molar-refractivity contribution < 1.29 is 4.74 Å². The Morgan fingerprint density at radius 1 is 0.455 bits per heavy atom. The van der Waals surface area contributed by atoms with Gasteiger partial charge < -0.3 is 4.74 Å². The van der Waals surface area contributed by atoms with Gasteiger partial charge >= 0.3 is 0 Å². The second-order valence-corrected chi connectivity index (χ2v) is 10.7. The van der Waals surface area contributed by atoms with Crippen molar-refractivity contribution in [2.24, 2.45) is 0 Å². The van der Waals surface area contributed by atoms with Crippen molar-refractivity contribution in [3.63, 3.8) is 0 Å². The van der Waals surface area contributed by atoms with E-state index in [0.717, 1.165) is 56.0 Å². The summed E-state index contributed by atoms with van der Waals surface area (Å²) in [5.41, 5.74) is 8.91.